The number of carbonyl (C=O) groups excluding carboxylic acids is 1. The van der Waals surface area contributed by atoms with E-state index in [9.17, 15) is 4.79 Å². The van der Waals surface area contributed by atoms with Crippen molar-refractivity contribution in [1.29, 1.82) is 0 Å². The van der Waals surface area contributed by atoms with Crippen LogP contribution < -0.4 is 5.32 Å². The van der Waals surface area contributed by atoms with Crippen LogP contribution in [0.1, 0.15) is 60.3 Å². The molecule has 0 aromatic heterocycles. The highest BCUT2D eigenvalue weighted by Crippen LogP contribution is 2.43. The molecule has 2 aliphatic rings. The van der Waals surface area contributed by atoms with Crippen LogP contribution in [0, 0.1) is 17.8 Å². The van der Waals surface area contributed by atoms with Crippen molar-refractivity contribution in [3.63, 3.8) is 0 Å². The average molecular weight is 266 g/mol. The molecular formula is C16H30N2O. The third-order valence-electron chi connectivity index (χ3n) is 4.92. The van der Waals surface area contributed by atoms with E-state index < -0.39 is 0 Å². The molecule has 2 rings (SSSR count). The van der Waals surface area contributed by atoms with E-state index in [1.807, 2.05) is 0 Å². The van der Waals surface area contributed by atoms with Gasteiger partial charge in [-0.15, -0.1) is 0 Å². The van der Waals surface area contributed by atoms with E-state index in [1.165, 1.54) is 19.3 Å². The van der Waals surface area contributed by atoms with Crippen molar-refractivity contribution in [2.24, 2.45) is 17.8 Å². The Bertz CT molecular complexity index is 329. The second-order valence-corrected chi connectivity index (χ2v) is 6.82. The van der Waals surface area contributed by atoms with E-state index in [0.717, 1.165) is 12.3 Å². The van der Waals surface area contributed by atoms with Gasteiger partial charge >= 0.3 is 0 Å². The molecule has 0 bridgehead atoms. The quantitative estimate of drug-likeness (QED) is 0.801. The lowest BCUT2D eigenvalue weighted by molar-refractivity contribution is -0.132. The summed E-state index contributed by atoms with van der Waals surface area (Å²) in [6.45, 7) is 11.0. The van der Waals surface area contributed by atoms with Crippen molar-refractivity contribution < 1.29 is 4.79 Å². The molecular weight excluding hydrogens is 236 g/mol. The fourth-order valence-electron chi connectivity index (χ4n) is 3.41. The van der Waals surface area contributed by atoms with Crippen molar-refractivity contribution in [3.8, 4) is 0 Å². The lowest BCUT2D eigenvalue weighted by Gasteiger charge is -2.27. The Morgan fingerprint density at radius 3 is 2.53 bits per heavy atom. The highest BCUT2D eigenvalue weighted by atomic mass is 16.2. The van der Waals surface area contributed by atoms with Gasteiger partial charge in [-0.1, -0.05) is 47.5 Å². The molecule has 0 aromatic rings. The minimum Gasteiger partial charge on any atom is -0.322 e. The van der Waals surface area contributed by atoms with Gasteiger partial charge in [-0.05, 0) is 30.6 Å². The second kappa shape index (κ2) is 5.82. The highest BCUT2D eigenvalue weighted by molar-refractivity contribution is 5.85. The molecule has 3 heteroatoms. The van der Waals surface area contributed by atoms with Crippen LogP contribution in [0.3, 0.4) is 0 Å². The zero-order valence-electron chi connectivity index (χ0n) is 13.1. The summed E-state index contributed by atoms with van der Waals surface area (Å²) in [7, 11) is 0. The summed E-state index contributed by atoms with van der Waals surface area (Å²) >= 11 is 0. The third kappa shape index (κ3) is 2.81. The maximum absolute atomic E-state index is 12.7. The Kier molecular flexibility index (Phi) is 4.54. The number of carbonyl (C=O) groups is 1. The molecule has 5 unspecified atom stereocenters. The van der Waals surface area contributed by atoms with Gasteiger partial charge in [-0.2, -0.15) is 0 Å². The van der Waals surface area contributed by atoms with E-state index >= 15 is 0 Å². The van der Waals surface area contributed by atoms with Crippen molar-refractivity contribution in [1.82, 2.24) is 10.2 Å². The Morgan fingerprint density at radius 1 is 1.32 bits per heavy atom. The van der Waals surface area contributed by atoms with Crippen LogP contribution in [0.15, 0.2) is 0 Å². The van der Waals surface area contributed by atoms with Crippen LogP contribution in [0.4, 0.5) is 0 Å². The first-order valence-corrected chi connectivity index (χ1v) is 8.09. The smallest absolute Gasteiger partial charge is 0.241 e. The summed E-state index contributed by atoms with van der Waals surface area (Å²) in [4.78, 5) is 14.9. The highest BCUT2D eigenvalue weighted by Gasteiger charge is 2.52. The molecule has 1 amide bonds. The Balaban J connectivity index is 2.09. The summed E-state index contributed by atoms with van der Waals surface area (Å²) in [6, 6.07) is 0.557. The number of rotatable bonds is 6. The Hall–Kier alpha value is -0.570. The van der Waals surface area contributed by atoms with Crippen LogP contribution in [-0.4, -0.2) is 29.1 Å². The summed E-state index contributed by atoms with van der Waals surface area (Å²) in [6.07, 6.45) is 5.03. The van der Waals surface area contributed by atoms with Crippen molar-refractivity contribution in [2.75, 3.05) is 0 Å². The standard InChI is InChI=1S/C16H30N2O/c1-6-8-12-9-13(12)18-15(10(3)4)17-14(16(18)19)11(5)7-2/h10-15,17H,6-9H2,1-5H3. The first-order chi connectivity index (χ1) is 9.01. The predicted molar refractivity (Wildman–Crippen MR) is 78.7 cm³/mol. The van der Waals surface area contributed by atoms with Crippen molar-refractivity contribution in [2.45, 2.75) is 78.6 Å². The average Bonchev–Trinajstić information content (AvgIpc) is 3.03. The molecule has 3 nitrogen and oxygen atoms in total. The van der Waals surface area contributed by atoms with Gasteiger partial charge in [0.25, 0.3) is 0 Å². The summed E-state index contributed by atoms with van der Waals surface area (Å²) < 4.78 is 0. The van der Waals surface area contributed by atoms with Crippen LogP contribution >= 0.6 is 0 Å². The van der Waals surface area contributed by atoms with Crippen molar-refractivity contribution in [3.05, 3.63) is 0 Å². The van der Waals surface area contributed by atoms with Gasteiger partial charge in [0.1, 0.15) is 0 Å². The van der Waals surface area contributed by atoms with Gasteiger partial charge in [0, 0.05) is 6.04 Å². The van der Waals surface area contributed by atoms with Gasteiger partial charge in [-0.25, -0.2) is 0 Å². The summed E-state index contributed by atoms with van der Waals surface area (Å²) in [5.41, 5.74) is 0. The molecule has 1 aliphatic carbocycles. The zero-order chi connectivity index (χ0) is 14.2. The second-order valence-electron chi connectivity index (χ2n) is 6.82. The number of hydrogen-bond donors (Lipinski definition) is 1. The summed E-state index contributed by atoms with van der Waals surface area (Å²) in [5, 5.41) is 3.60. The molecule has 0 aromatic carbocycles. The summed E-state index contributed by atoms with van der Waals surface area (Å²) in [5.74, 6) is 2.03. The molecule has 5 atom stereocenters. The molecule has 110 valence electrons. The van der Waals surface area contributed by atoms with E-state index in [0.29, 0.717) is 23.8 Å². The van der Waals surface area contributed by atoms with E-state index in [1.54, 1.807) is 0 Å². The van der Waals surface area contributed by atoms with E-state index in [4.69, 9.17) is 0 Å². The van der Waals surface area contributed by atoms with E-state index in [2.05, 4.69) is 44.8 Å². The van der Waals surface area contributed by atoms with Gasteiger partial charge in [0.2, 0.25) is 5.91 Å². The first-order valence-electron chi connectivity index (χ1n) is 8.09. The third-order valence-corrected chi connectivity index (χ3v) is 4.92. The van der Waals surface area contributed by atoms with Crippen LogP contribution in [0.2, 0.25) is 0 Å². The molecule has 1 saturated heterocycles. The maximum Gasteiger partial charge on any atom is 0.241 e. The van der Waals surface area contributed by atoms with Gasteiger partial charge in [0.15, 0.2) is 0 Å². The van der Waals surface area contributed by atoms with Gasteiger partial charge in [0.05, 0.1) is 12.2 Å². The van der Waals surface area contributed by atoms with E-state index in [-0.39, 0.29) is 12.2 Å². The van der Waals surface area contributed by atoms with Crippen LogP contribution in [0.5, 0.6) is 0 Å². The number of amides is 1. The fraction of sp³-hybridized carbons (Fsp3) is 0.938. The Morgan fingerprint density at radius 2 is 2.00 bits per heavy atom. The maximum atomic E-state index is 12.7. The Labute approximate surface area is 118 Å². The van der Waals surface area contributed by atoms with Crippen molar-refractivity contribution >= 4 is 5.91 Å². The molecule has 19 heavy (non-hydrogen) atoms. The lowest BCUT2D eigenvalue weighted by atomic mass is 9.99. The number of hydrogen-bond acceptors (Lipinski definition) is 2. The normalized spacial score (nSPS) is 36.1. The molecule has 1 heterocycles. The number of nitrogens with one attached hydrogen (secondary N) is 1. The lowest BCUT2D eigenvalue weighted by Crippen LogP contribution is -2.43. The van der Waals surface area contributed by atoms with Crippen LogP contribution in [-0.2, 0) is 4.79 Å². The minimum atomic E-state index is 0.0419. The predicted octanol–water partition coefficient (Wildman–Crippen LogP) is 3.00. The number of nitrogens with zero attached hydrogens (tertiary/aromatic N) is 1. The minimum absolute atomic E-state index is 0.0419. The molecule has 0 spiro atoms. The fourth-order valence-corrected chi connectivity index (χ4v) is 3.41. The molecule has 1 aliphatic heterocycles. The molecule has 1 N–H and O–H groups in total. The largest absolute Gasteiger partial charge is 0.322 e. The topological polar surface area (TPSA) is 32.3 Å². The van der Waals surface area contributed by atoms with Crippen LogP contribution in [0.25, 0.3) is 0 Å². The molecule has 2 fully saturated rings. The molecule has 0 radical (unpaired) electrons. The molecule has 1 saturated carbocycles. The van der Waals surface area contributed by atoms with Gasteiger partial charge < -0.3 is 4.90 Å². The monoisotopic (exact) mass is 266 g/mol. The zero-order valence-corrected chi connectivity index (χ0v) is 13.1. The SMILES string of the molecule is CCCC1CC1N1C(=O)C(C(C)CC)NC1C(C)C. The first kappa shape index (κ1) is 14.8. The van der Waals surface area contributed by atoms with Gasteiger partial charge in [-0.3, -0.25) is 10.1 Å².